The summed E-state index contributed by atoms with van der Waals surface area (Å²) in [5, 5.41) is 7.26. The van der Waals surface area contributed by atoms with E-state index in [4.69, 9.17) is 4.42 Å². The summed E-state index contributed by atoms with van der Waals surface area (Å²) in [7, 11) is 0. The minimum Gasteiger partial charge on any atom is -0.456 e. The van der Waals surface area contributed by atoms with Gasteiger partial charge in [0.05, 0.1) is 0 Å². The molecule has 2 heteroatoms. The SMILES string of the molecule is c1cc(-c2cccc3ccccc23)c(-c2ccc(N(c3ccc(C4CCCCC4)cc3)c3ccc4c(c3)oc3ccccc34)cc2)c(-c2cccc3ccccc23)c1. The van der Waals surface area contributed by atoms with Gasteiger partial charge in [-0.25, -0.2) is 0 Å². The van der Waals surface area contributed by atoms with Gasteiger partial charge in [-0.05, 0) is 122 Å². The zero-order chi connectivity index (χ0) is 38.4. The molecule has 1 heterocycles. The molecule has 0 radical (unpaired) electrons. The molecule has 0 amide bonds. The predicted octanol–water partition coefficient (Wildman–Crippen LogP) is 16.4. The van der Waals surface area contributed by atoms with Crippen molar-refractivity contribution in [3.8, 4) is 33.4 Å². The molecule has 0 atom stereocenters. The topological polar surface area (TPSA) is 16.4 Å². The van der Waals surface area contributed by atoms with Gasteiger partial charge in [-0.1, -0.05) is 165 Å². The molecule has 11 rings (SSSR count). The van der Waals surface area contributed by atoms with E-state index in [1.54, 1.807) is 0 Å². The van der Waals surface area contributed by atoms with E-state index in [2.05, 4.69) is 193 Å². The molecule has 1 aliphatic rings. The summed E-state index contributed by atoms with van der Waals surface area (Å²) in [4.78, 5) is 2.38. The minimum absolute atomic E-state index is 0.653. The number of hydrogen-bond donors (Lipinski definition) is 0. The highest BCUT2D eigenvalue weighted by atomic mass is 16.3. The van der Waals surface area contributed by atoms with Gasteiger partial charge in [-0.2, -0.15) is 0 Å². The average molecular weight is 746 g/mol. The van der Waals surface area contributed by atoms with Crippen molar-refractivity contribution in [1.82, 2.24) is 0 Å². The quantitative estimate of drug-likeness (QED) is 0.162. The summed E-state index contributed by atoms with van der Waals surface area (Å²) in [6.45, 7) is 0. The molecule has 0 spiro atoms. The van der Waals surface area contributed by atoms with Crippen molar-refractivity contribution in [2.75, 3.05) is 4.90 Å². The lowest BCUT2D eigenvalue weighted by atomic mass is 9.84. The Morgan fingerprint density at radius 2 is 0.879 bits per heavy atom. The maximum atomic E-state index is 6.44. The Labute approximate surface area is 339 Å². The van der Waals surface area contributed by atoms with Crippen LogP contribution in [0.5, 0.6) is 0 Å². The van der Waals surface area contributed by atoms with Crippen LogP contribution in [-0.4, -0.2) is 0 Å². The lowest BCUT2D eigenvalue weighted by Crippen LogP contribution is -2.10. The number of benzene rings is 9. The first-order valence-electron chi connectivity index (χ1n) is 20.8. The largest absolute Gasteiger partial charge is 0.456 e. The number of rotatable bonds is 7. The van der Waals surface area contributed by atoms with Crippen LogP contribution in [0.4, 0.5) is 17.1 Å². The monoisotopic (exact) mass is 745 g/mol. The minimum atomic E-state index is 0.653. The third kappa shape index (κ3) is 6.04. The molecule has 58 heavy (non-hydrogen) atoms. The number of nitrogens with zero attached hydrogens (tertiary/aromatic N) is 1. The van der Waals surface area contributed by atoms with E-state index in [1.807, 2.05) is 6.07 Å². The van der Waals surface area contributed by atoms with Gasteiger partial charge in [0.15, 0.2) is 0 Å². The molecule has 0 aliphatic heterocycles. The first-order chi connectivity index (χ1) is 28.8. The van der Waals surface area contributed by atoms with E-state index in [9.17, 15) is 0 Å². The van der Waals surface area contributed by atoms with Crippen molar-refractivity contribution in [2.24, 2.45) is 0 Å². The maximum Gasteiger partial charge on any atom is 0.137 e. The van der Waals surface area contributed by atoms with Crippen LogP contribution in [0, 0.1) is 0 Å². The zero-order valence-electron chi connectivity index (χ0n) is 32.4. The Morgan fingerprint density at radius 1 is 0.379 bits per heavy atom. The predicted molar refractivity (Wildman–Crippen MR) is 246 cm³/mol. The molecular weight excluding hydrogens is 703 g/mol. The summed E-state index contributed by atoms with van der Waals surface area (Å²) in [6.07, 6.45) is 6.59. The van der Waals surface area contributed by atoms with Crippen LogP contribution < -0.4 is 4.90 Å². The van der Waals surface area contributed by atoms with E-state index in [1.165, 1.54) is 92.6 Å². The van der Waals surface area contributed by atoms with Gasteiger partial charge >= 0.3 is 0 Å². The molecule has 10 aromatic rings. The van der Waals surface area contributed by atoms with Crippen LogP contribution in [0.15, 0.2) is 199 Å². The molecule has 0 N–H and O–H groups in total. The summed E-state index contributed by atoms with van der Waals surface area (Å²) < 4.78 is 6.44. The van der Waals surface area contributed by atoms with Crippen molar-refractivity contribution < 1.29 is 4.42 Å². The molecule has 278 valence electrons. The van der Waals surface area contributed by atoms with Gasteiger partial charge in [-0.15, -0.1) is 0 Å². The number of furan rings is 1. The lowest BCUT2D eigenvalue weighted by molar-refractivity contribution is 0.443. The van der Waals surface area contributed by atoms with Gasteiger partial charge in [-0.3, -0.25) is 0 Å². The van der Waals surface area contributed by atoms with Crippen molar-refractivity contribution in [3.05, 3.63) is 200 Å². The smallest absolute Gasteiger partial charge is 0.137 e. The molecule has 1 aromatic heterocycles. The standard InChI is InChI=1S/C56H43NO/c1-2-13-38(14-3-1)39-27-31-43(32-28-39)57(45-35-36-51-50-21-8-9-26-54(50)58-55(51)37-45)44-33-29-42(30-34-44)56-52(48-22-10-17-40-15-4-6-19-46(40)48)24-12-25-53(56)49-23-11-18-41-16-5-7-20-47(41)49/h4-12,15-38H,1-3,13-14H2. The maximum absolute atomic E-state index is 6.44. The number of para-hydroxylation sites is 1. The third-order valence-electron chi connectivity index (χ3n) is 12.5. The summed E-state index contributed by atoms with van der Waals surface area (Å²) in [5.41, 5.74) is 13.9. The fraction of sp³-hybridized carbons (Fsp3) is 0.107. The Hall–Kier alpha value is -6.90. The molecule has 1 aliphatic carbocycles. The van der Waals surface area contributed by atoms with Crippen molar-refractivity contribution in [1.29, 1.82) is 0 Å². The highest BCUT2D eigenvalue weighted by molar-refractivity contribution is 6.08. The van der Waals surface area contributed by atoms with E-state index in [0.29, 0.717) is 5.92 Å². The van der Waals surface area contributed by atoms with Crippen molar-refractivity contribution in [2.45, 2.75) is 38.0 Å². The fourth-order valence-corrected chi connectivity index (χ4v) is 9.64. The highest BCUT2D eigenvalue weighted by Crippen LogP contribution is 2.46. The summed E-state index contributed by atoms with van der Waals surface area (Å²) in [6, 6.07) is 71.1. The zero-order valence-corrected chi connectivity index (χ0v) is 32.4. The Bertz CT molecular complexity index is 2980. The molecule has 1 fully saturated rings. The number of hydrogen-bond acceptors (Lipinski definition) is 2. The van der Waals surface area contributed by atoms with Crippen molar-refractivity contribution in [3.63, 3.8) is 0 Å². The third-order valence-corrected chi connectivity index (χ3v) is 12.5. The normalized spacial score (nSPS) is 13.4. The average Bonchev–Trinajstić information content (AvgIpc) is 3.67. The van der Waals surface area contributed by atoms with Gasteiger partial charge in [0.1, 0.15) is 11.2 Å². The highest BCUT2D eigenvalue weighted by Gasteiger charge is 2.21. The van der Waals surface area contributed by atoms with Crippen LogP contribution in [0.2, 0.25) is 0 Å². The molecule has 1 saturated carbocycles. The Balaban J connectivity index is 1.08. The number of anilines is 3. The molecule has 9 aromatic carbocycles. The molecule has 0 bridgehead atoms. The molecular formula is C56H43NO. The van der Waals surface area contributed by atoms with Gasteiger partial charge in [0, 0.05) is 33.9 Å². The van der Waals surface area contributed by atoms with E-state index in [0.717, 1.165) is 39.0 Å². The summed E-state index contributed by atoms with van der Waals surface area (Å²) in [5.74, 6) is 0.653. The second-order valence-corrected chi connectivity index (χ2v) is 15.9. The van der Waals surface area contributed by atoms with Crippen LogP contribution >= 0.6 is 0 Å². The summed E-state index contributed by atoms with van der Waals surface area (Å²) >= 11 is 0. The first kappa shape index (κ1) is 34.4. The van der Waals surface area contributed by atoms with Gasteiger partial charge in [0.2, 0.25) is 0 Å². The Kier molecular flexibility index (Phi) is 8.62. The second kappa shape index (κ2) is 14.6. The number of fused-ring (bicyclic) bond motifs is 5. The first-order valence-corrected chi connectivity index (χ1v) is 20.8. The van der Waals surface area contributed by atoms with Crippen LogP contribution in [-0.2, 0) is 0 Å². The molecule has 0 unspecified atom stereocenters. The van der Waals surface area contributed by atoms with Crippen LogP contribution in [0.3, 0.4) is 0 Å². The lowest BCUT2D eigenvalue weighted by Gasteiger charge is -2.27. The fourth-order valence-electron chi connectivity index (χ4n) is 9.64. The second-order valence-electron chi connectivity index (χ2n) is 15.9. The van der Waals surface area contributed by atoms with Crippen LogP contribution in [0.1, 0.15) is 43.6 Å². The van der Waals surface area contributed by atoms with Crippen molar-refractivity contribution >= 4 is 60.5 Å². The molecule has 0 saturated heterocycles. The van der Waals surface area contributed by atoms with Crippen LogP contribution in [0.25, 0.3) is 76.9 Å². The van der Waals surface area contributed by atoms with Gasteiger partial charge < -0.3 is 9.32 Å². The van der Waals surface area contributed by atoms with E-state index >= 15 is 0 Å². The Morgan fingerprint density at radius 3 is 1.53 bits per heavy atom. The molecule has 2 nitrogen and oxygen atoms in total. The van der Waals surface area contributed by atoms with E-state index < -0.39 is 0 Å². The van der Waals surface area contributed by atoms with Gasteiger partial charge in [0.25, 0.3) is 0 Å². The van der Waals surface area contributed by atoms with E-state index in [-0.39, 0.29) is 0 Å².